The SMILES string of the molecule is O=C([O-])[C@@H]1C[C@@H](O)C[NH+]1S(=O)(=O)N1CCCCCC1. The fraction of sp³-hybridized carbons (Fsp3) is 0.909. The van der Waals surface area contributed by atoms with Gasteiger partial charge in [-0.3, -0.25) is 0 Å². The van der Waals surface area contributed by atoms with Gasteiger partial charge < -0.3 is 15.0 Å². The van der Waals surface area contributed by atoms with Crippen LogP contribution in [0.4, 0.5) is 0 Å². The normalized spacial score (nSPS) is 34.1. The van der Waals surface area contributed by atoms with Gasteiger partial charge in [-0.05, 0) is 12.8 Å². The number of nitrogens with zero attached hydrogens (tertiary/aromatic N) is 1. The molecule has 0 saturated carbocycles. The Morgan fingerprint density at radius 3 is 2.32 bits per heavy atom. The third kappa shape index (κ3) is 3.07. The highest BCUT2D eigenvalue weighted by atomic mass is 32.2. The van der Waals surface area contributed by atoms with Crippen LogP contribution >= 0.6 is 0 Å². The summed E-state index contributed by atoms with van der Waals surface area (Å²) in [4.78, 5) is 11.0. The van der Waals surface area contributed by atoms with E-state index in [4.69, 9.17) is 0 Å². The molecule has 0 aromatic carbocycles. The summed E-state index contributed by atoms with van der Waals surface area (Å²) in [5, 5.41) is 20.6. The van der Waals surface area contributed by atoms with E-state index in [-0.39, 0.29) is 17.3 Å². The molecule has 8 heteroatoms. The van der Waals surface area contributed by atoms with Gasteiger partial charge in [-0.25, -0.2) is 4.31 Å². The fourth-order valence-corrected chi connectivity index (χ4v) is 4.85. The molecular weight excluding hydrogens is 272 g/mol. The summed E-state index contributed by atoms with van der Waals surface area (Å²) < 4.78 is 26.3. The van der Waals surface area contributed by atoms with Crippen molar-refractivity contribution < 1.29 is 27.7 Å². The molecule has 2 aliphatic rings. The molecule has 2 N–H and O–H groups in total. The Labute approximate surface area is 113 Å². The van der Waals surface area contributed by atoms with Crippen LogP contribution in [0.15, 0.2) is 0 Å². The molecule has 7 nitrogen and oxygen atoms in total. The van der Waals surface area contributed by atoms with Gasteiger partial charge in [0, 0.05) is 19.5 Å². The van der Waals surface area contributed by atoms with Crippen molar-refractivity contribution in [3.05, 3.63) is 0 Å². The third-order valence-corrected chi connectivity index (χ3v) is 6.01. The molecule has 19 heavy (non-hydrogen) atoms. The Morgan fingerprint density at radius 2 is 1.79 bits per heavy atom. The number of aliphatic carboxylic acids is 1. The summed E-state index contributed by atoms with van der Waals surface area (Å²) in [6.07, 6.45) is 2.61. The molecule has 2 fully saturated rings. The van der Waals surface area contributed by atoms with E-state index < -0.39 is 28.3 Å². The van der Waals surface area contributed by atoms with Gasteiger partial charge in [0.1, 0.15) is 24.7 Å². The van der Waals surface area contributed by atoms with Gasteiger partial charge in [0.05, 0.1) is 0 Å². The van der Waals surface area contributed by atoms with Crippen LogP contribution in [-0.2, 0) is 15.0 Å². The van der Waals surface area contributed by atoms with Gasteiger partial charge in [0.15, 0.2) is 0 Å². The first-order valence-corrected chi connectivity index (χ1v) is 8.11. The maximum absolute atomic E-state index is 12.5. The van der Waals surface area contributed by atoms with E-state index in [1.54, 1.807) is 0 Å². The minimum absolute atomic E-state index is 0.0647. The number of nitrogens with one attached hydrogen (secondary N) is 1. The smallest absolute Gasteiger partial charge is 0.371 e. The van der Waals surface area contributed by atoms with Crippen molar-refractivity contribution >= 4 is 16.2 Å². The highest BCUT2D eigenvalue weighted by Crippen LogP contribution is 2.13. The second-order valence-electron chi connectivity index (χ2n) is 5.25. The zero-order chi connectivity index (χ0) is 14.0. The van der Waals surface area contributed by atoms with Crippen molar-refractivity contribution in [2.45, 2.75) is 44.2 Å². The topological polar surface area (TPSA) is 102 Å². The van der Waals surface area contributed by atoms with Crippen molar-refractivity contribution in [3.63, 3.8) is 0 Å². The molecule has 0 bridgehead atoms. The number of aliphatic hydroxyl groups is 1. The molecule has 2 heterocycles. The standard InChI is InChI=1S/C11H20N2O5S/c14-9-7-10(11(15)16)13(8-9)19(17,18)12-5-3-1-2-4-6-12/h9-10,14H,1-8H2,(H,15,16)/t9-,10+/m1/s1. The number of quaternary nitrogens is 1. The first-order valence-electron chi connectivity index (χ1n) is 6.67. The van der Waals surface area contributed by atoms with E-state index >= 15 is 0 Å². The lowest BCUT2D eigenvalue weighted by Gasteiger charge is -2.27. The number of hydrogen-bond acceptors (Lipinski definition) is 5. The van der Waals surface area contributed by atoms with Crippen molar-refractivity contribution in [1.82, 2.24) is 4.31 Å². The van der Waals surface area contributed by atoms with Crippen LogP contribution in [0, 0.1) is 0 Å². The van der Waals surface area contributed by atoms with E-state index in [0.29, 0.717) is 13.1 Å². The summed E-state index contributed by atoms with van der Waals surface area (Å²) in [5.41, 5.74) is 0. The van der Waals surface area contributed by atoms with Crippen molar-refractivity contribution in [3.8, 4) is 0 Å². The first kappa shape index (κ1) is 14.7. The van der Waals surface area contributed by atoms with E-state index in [1.165, 1.54) is 4.31 Å². The quantitative estimate of drug-likeness (QED) is 0.573. The van der Waals surface area contributed by atoms with Gasteiger partial charge in [0.25, 0.3) is 0 Å². The van der Waals surface area contributed by atoms with E-state index in [1.807, 2.05) is 0 Å². The monoisotopic (exact) mass is 292 g/mol. The molecule has 0 spiro atoms. The largest absolute Gasteiger partial charge is 0.544 e. The molecule has 2 aliphatic heterocycles. The van der Waals surface area contributed by atoms with Crippen molar-refractivity contribution in [2.24, 2.45) is 0 Å². The number of carbonyl (C=O) groups is 1. The van der Waals surface area contributed by atoms with Crippen molar-refractivity contribution in [1.29, 1.82) is 0 Å². The lowest BCUT2D eigenvalue weighted by molar-refractivity contribution is -0.779. The molecule has 1 unspecified atom stereocenters. The molecule has 2 rings (SSSR count). The fourth-order valence-electron chi connectivity index (χ4n) is 2.82. The maximum Gasteiger partial charge on any atom is 0.371 e. The number of carboxylic acids is 1. The Kier molecular flexibility index (Phi) is 4.44. The van der Waals surface area contributed by atoms with E-state index in [2.05, 4.69) is 0 Å². The zero-order valence-corrected chi connectivity index (χ0v) is 11.6. The van der Waals surface area contributed by atoms with Crippen LogP contribution in [0.1, 0.15) is 32.1 Å². The molecule has 0 aromatic heterocycles. The maximum atomic E-state index is 12.5. The molecule has 0 aromatic rings. The molecule has 0 amide bonds. The Balaban J connectivity index is 2.19. The van der Waals surface area contributed by atoms with E-state index in [9.17, 15) is 23.4 Å². The second kappa shape index (κ2) is 5.74. The van der Waals surface area contributed by atoms with Gasteiger partial charge in [-0.2, -0.15) is 12.7 Å². The number of carbonyl (C=O) groups excluding carboxylic acids is 1. The average molecular weight is 292 g/mol. The Morgan fingerprint density at radius 1 is 1.21 bits per heavy atom. The highest BCUT2D eigenvalue weighted by molar-refractivity contribution is 7.82. The summed E-state index contributed by atoms with van der Waals surface area (Å²) in [6, 6.07) is -1.18. The zero-order valence-electron chi connectivity index (χ0n) is 10.7. The Hall–Kier alpha value is -0.700. The molecule has 3 atom stereocenters. The predicted octanol–water partition coefficient (Wildman–Crippen LogP) is -3.12. The minimum atomic E-state index is -3.74. The lowest BCUT2D eigenvalue weighted by Crippen LogP contribution is -3.18. The highest BCUT2D eigenvalue weighted by Gasteiger charge is 2.46. The predicted molar refractivity (Wildman–Crippen MR) is 64.2 cm³/mol. The molecule has 0 aliphatic carbocycles. The van der Waals surface area contributed by atoms with Crippen LogP contribution < -0.4 is 9.41 Å². The van der Waals surface area contributed by atoms with Crippen LogP contribution in [0.25, 0.3) is 0 Å². The summed E-state index contributed by atoms with van der Waals surface area (Å²) in [7, 11) is -3.74. The third-order valence-electron chi connectivity index (χ3n) is 3.85. The van der Waals surface area contributed by atoms with Gasteiger partial charge in [-0.15, -0.1) is 0 Å². The van der Waals surface area contributed by atoms with Gasteiger partial charge >= 0.3 is 10.2 Å². The first-order chi connectivity index (χ1) is 8.93. The van der Waals surface area contributed by atoms with Crippen LogP contribution in [0.3, 0.4) is 0 Å². The molecule has 0 radical (unpaired) electrons. The van der Waals surface area contributed by atoms with Gasteiger partial charge in [-0.1, -0.05) is 12.8 Å². The second-order valence-corrected chi connectivity index (χ2v) is 7.24. The number of aliphatic hydroxyl groups excluding tert-OH is 1. The summed E-state index contributed by atoms with van der Waals surface area (Å²) >= 11 is 0. The summed E-state index contributed by atoms with van der Waals surface area (Å²) in [5.74, 6) is -1.41. The van der Waals surface area contributed by atoms with Crippen molar-refractivity contribution in [2.75, 3.05) is 19.6 Å². The summed E-state index contributed by atoms with van der Waals surface area (Å²) in [6.45, 7) is 0.779. The number of carboxylic acid groups (broad SMARTS) is 1. The number of rotatable bonds is 3. The van der Waals surface area contributed by atoms with Crippen LogP contribution in [0.2, 0.25) is 0 Å². The van der Waals surface area contributed by atoms with Crippen LogP contribution in [0.5, 0.6) is 0 Å². The molecule has 2 saturated heterocycles. The van der Waals surface area contributed by atoms with Crippen LogP contribution in [-0.4, -0.2) is 55.6 Å². The van der Waals surface area contributed by atoms with Gasteiger partial charge in [0.2, 0.25) is 0 Å². The number of hydrogen-bond donors (Lipinski definition) is 2. The minimum Gasteiger partial charge on any atom is -0.544 e. The molecule has 110 valence electrons. The lowest BCUT2D eigenvalue weighted by atomic mass is 10.2. The van der Waals surface area contributed by atoms with E-state index in [0.717, 1.165) is 25.7 Å². The average Bonchev–Trinajstić information content (AvgIpc) is 2.58. The molecular formula is C11H20N2O5S. The Bertz CT molecular complexity index is 430.